The molecule has 1 aromatic carbocycles. The van der Waals surface area contributed by atoms with Crippen LogP contribution >= 0.6 is 0 Å². The van der Waals surface area contributed by atoms with Crippen molar-refractivity contribution in [1.29, 1.82) is 0 Å². The van der Waals surface area contributed by atoms with E-state index in [-0.39, 0.29) is 12.8 Å². The molecule has 0 N–H and O–H groups in total. The van der Waals surface area contributed by atoms with Crippen molar-refractivity contribution in [3.63, 3.8) is 0 Å². The highest BCUT2D eigenvalue weighted by Crippen LogP contribution is 2.43. The lowest BCUT2D eigenvalue weighted by molar-refractivity contribution is -0.278. The van der Waals surface area contributed by atoms with E-state index in [4.69, 9.17) is 14.2 Å². The average Bonchev–Trinajstić information content (AvgIpc) is 3.08. The van der Waals surface area contributed by atoms with E-state index >= 15 is 0 Å². The highest BCUT2D eigenvalue weighted by molar-refractivity contribution is 5.83. The fourth-order valence-electron chi connectivity index (χ4n) is 2.90. The topological polar surface area (TPSA) is 61.8 Å². The summed E-state index contributed by atoms with van der Waals surface area (Å²) in [6, 6.07) is 6.53. The number of ether oxygens (including phenoxy) is 3. The summed E-state index contributed by atoms with van der Waals surface area (Å²) in [6.07, 6.45) is -0.607. The molecule has 0 bridgehead atoms. The Morgan fingerprint density at radius 3 is 2.43 bits per heavy atom. The molecule has 0 saturated carbocycles. The first kappa shape index (κ1) is 21.7. The van der Waals surface area contributed by atoms with Crippen molar-refractivity contribution in [3.05, 3.63) is 60.2 Å². The van der Waals surface area contributed by atoms with Crippen LogP contribution < -0.4 is 0 Å². The lowest BCUT2D eigenvalue weighted by Crippen LogP contribution is -2.53. The number of carbonyl (C=O) groups excluding carboxylic acids is 2. The van der Waals surface area contributed by atoms with E-state index in [1.807, 2.05) is 0 Å². The smallest absolute Gasteiger partial charge is 0.432 e. The number of benzene rings is 1. The second-order valence-corrected chi connectivity index (χ2v) is 6.10. The van der Waals surface area contributed by atoms with Crippen molar-refractivity contribution in [2.75, 3.05) is 7.11 Å². The lowest BCUT2D eigenvalue weighted by Gasteiger charge is -2.34. The van der Waals surface area contributed by atoms with Gasteiger partial charge in [0.15, 0.2) is 6.10 Å². The minimum absolute atomic E-state index is 0.101. The number of methoxy groups -OCH3 is 1. The van der Waals surface area contributed by atoms with Crippen LogP contribution in [0.25, 0.3) is 0 Å². The van der Waals surface area contributed by atoms with Gasteiger partial charge in [-0.2, -0.15) is 13.2 Å². The Bertz CT molecular complexity index is 742. The van der Waals surface area contributed by atoms with Crippen molar-refractivity contribution < 1.29 is 37.0 Å². The van der Waals surface area contributed by atoms with Gasteiger partial charge in [0, 0.05) is 19.1 Å². The molecule has 8 heteroatoms. The molecule has 152 valence electrons. The molecule has 1 heterocycles. The lowest BCUT2D eigenvalue weighted by atomic mass is 9.92. The van der Waals surface area contributed by atoms with Crippen LogP contribution in [0, 0.1) is 0 Å². The van der Waals surface area contributed by atoms with Gasteiger partial charge in [0.1, 0.15) is 6.10 Å². The Balaban J connectivity index is 2.40. The number of hydrogen-bond donors (Lipinski definition) is 0. The molecule has 1 fully saturated rings. The Morgan fingerprint density at radius 2 is 1.93 bits per heavy atom. The van der Waals surface area contributed by atoms with E-state index in [0.29, 0.717) is 0 Å². The first-order valence-electron chi connectivity index (χ1n) is 8.63. The minimum Gasteiger partial charge on any atom is -0.458 e. The Kier molecular flexibility index (Phi) is 7.01. The first-order valence-corrected chi connectivity index (χ1v) is 8.63. The monoisotopic (exact) mass is 398 g/mol. The molecule has 28 heavy (non-hydrogen) atoms. The van der Waals surface area contributed by atoms with Gasteiger partial charge in [-0.1, -0.05) is 48.6 Å². The van der Waals surface area contributed by atoms with Crippen LogP contribution in [-0.2, 0) is 29.4 Å². The van der Waals surface area contributed by atoms with Gasteiger partial charge in [-0.25, -0.2) is 4.79 Å². The maximum Gasteiger partial charge on any atom is 0.432 e. The molecule has 0 aliphatic carbocycles. The highest BCUT2D eigenvalue weighted by atomic mass is 19.4. The molecule has 2 rings (SSSR count). The van der Waals surface area contributed by atoms with Crippen molar-refractivity contribution in [3.8, 4) is 0 Å². The maximum absolute atomic E-state index is 14.0. The molecule has 3 atom stereocenters. The zero-order valence-corrected chi connectivity index (χ0v) is 15.4. The van der Waals surface area contributed by atoms with Crippen LogP contribution in [0.15, 0.2) is 54.6 Å². The second kappa shape index (κ2) is 9.05. The number of carbonyl (C=O) groups is 2. The largest absolute Gasteiger partial charge is 0.458 e. The van der Waals surface area contributed by atoms with Crippen LogP contribution in [-0.4, -0.2) is 37.4 Å². The zero-order valence-electron chi connectivity index (χ0n) is 15.4. The van der Waals surface area contributed by atoms with E-state index in [2.05, 4.69) is 0 Å². The van der Waals surface area contributed by atoms with Crippen molar-refractivity contribution in [1.82, 2.24) is 0 Å². The average molecular weight is 398 g/mol. The molecule has 1 aliphatic heterocycles. The molecule has 1 saturated heterocycles. The van der Waals surface area contributed by atoms with Gasteiger partial charge in [-0.3, -0.25) is 4.79 Å². The summed E-state index contributed by atoms with van der Waals surface area (Å²) in [5.74, 6) is -2.13. The predicted molar refractivity (Wildman–Crippen MR) is 94.1 cm³/mol. The predicted octanol–water partition coefficient (Wildman–Crippen LogP) is 3.84. The second-order valence-electron chi connectivity index (χ2n) is 6.10. The Hall–Kier alpha value is -2.61. The molecule has 0 amide bonds. The van der Waals surface area contributed by atoms with Crippen LogP contribution in [0.5, 0.6) is 0 Å². The summed E-state index contributed by atoms with van der Waals surface area (Å²) < 4.78 is 56.9. The third kappa shape index (κ3) is 4.44. The van der Waals surface area contributed by atoms with Crippen molar-refractivity contribution >= 4 is 11.9 Å². The summed E-state index contributed by atoms with van der Waals surface area (Å²) in [5.41, 5.74) is -3.71. The van der Waals surface area contributed by atoms with Crippen LogP contribution in [0.4, 0.5) is 13.2 Å². The summed E-state index contributed by atoms with van der Waals surface area (Å²) in [4.78, 5) is 24.2. The van der Waals surface area contributed by atoms with E-state index in [9.17, 15) is 22.8 Å². The van der Waals surface area contributed by atoms with E-state index < -0.39 is 41.5 Å². The molecule has 0 radical (unpaired) electrons. The standard InChI is InChI=1S/C20H21F3O5/c1-3-4-6-11-15(16-12-13-17(24)27-16)28-18(25)19(26-2,20(21,22)23)14-9-7-5-8-10-14/h3-11,15-16H,12-13H2,1-2H3/b4-3+,11-6-/t15-,16-,19+/m1/s1. The molecular weight excluding hydrogens is 377 g/mol. The fraction of sp³-hybridized carbons (Fsp3) is 0.400. The summed E-state index contributed by atoms with van der Waals surface area (Å²) in [7, 11) is 0.794. The number of allylic oxidation sites excluding steroid dienone is 3. The molecule has 0 aromatic heterocycles. The van der Waals surface area contributed by atoms with E-state index in [1.54, 1.807) is 19.1 Å². The highest BCUT2D eigenvalue weighted by Gasteiger charge is 2.64. The van der Waals surface area contributed by atoms with E-state index in [1.165, 1.54) is 30.4 Å². The third-order valence-corrected chi connectivity index (χ3v) is 4.30. The van der Waals surface area contributed by atoms with Crippen molar-refractivity contribution in [2.24, 2.45) is 0 Å². The quantitative estimate of drug-likeness (QED) is 0.516. The van der Waals surface area contributed by atoms with Crippen LogP contribution in [0.3, 0.4) is 0 Å². The number of esters is 2. The Labute approximate surface area is 160 Å². The van der Waals surface area contributed by atoms with Crippen molar-refractivity contribution in [2.45, 2.75) is 43.8 Å². The van der Waals surface area contributed by atoms with Gasteiger partial charge in [0.2, 0.25) is 0 Å². The van der Waals surface area contributed by atoms with Gasteiger partial charge in [0.05, 0.1) is 0 Å². The van der Waals surface area contributed by atoms with Gasteiger partial charge >= 0.3 is 18.1 Å². The summed E-state index contributed by atoms with van der Waals surface area (Å²) >= 11 is 0. The first-order chi connectivity index (χ1) is 13.3. The number of cyclic esters (lactones) is 1. The minimum atomic E-state index is -5.08. The van der Waals surface area contributed by atoms with Crippen LogP contribution in [0.2, 0.25) is 0 Å². The fourth-order valence-corrected chi connectivity index (χ4v) is 2.90. The number of halogens is 3. The van der Waals surface area contributed by atoms with Gasteiger partial charge in [-0.05, 0) is 19.4 Å². The number of rotatable bonds is 7. The zero-order chi connectivity index (χ0) is 20.8. The van der Waals surface area contributed by atoms with Gasteiger partial charge in [0.25, 0.3) is 5.60 Å². The van der Waals surface area contributed by atoms with Gasteiger partial charge in [-0.15, -0.1) is 0 Å². The Morgan fingerprint density at radius 1 is 1.25 bits per heavy atom. The van der Waals surface area contributed by atoms with Crippen LogP contribution in [0.1, 0.15) is 25.3 Å². The molecule has 1 aromatic rings. The molecule has 0 spiro atoms. The van der Waals surface area contributed by atoms with E-state index in [0.717, 1.165) is 19.2 Å². The summed E-state index contributed by atoms with van der Waals surface area (Å²) in [6.45, 7) is 1.75. The normalized spacial score (nSPS) is 20.9. The number of hydrogen-bond acceptors (Lipinski definition) is 5. The third-order valence-electron chi connectivity index (χ3n) is 4.30. The SMILES string of the molecule is C/C=C/C=C\[C@@H](OC(=O)[C@@](OC)(c1ccccc1)C(F)(F)F)[C@H]1CCC(=O)O1. The summed E-state index contributed by atoms with van der Waals surface area (Å²) in [5, 5.41) is 0. The molecule has 1 aliphatic rings. The molecule has 0 unspecified atom stereocenters. The van der Waals surface area contributed by atoms with Gasteiger partial charge < -0.3 is 14.2 Å². The molecule has 5 nitrogen and oxygen atoms in total. The number of alkyl halides is 3. The maximum atomic E-state index is 14.0. The molecular formula is C20H21F3O5.